The van der Waals surface area contributed by atoms with Gasteiger partial charge in [0.05, 0.1) is 6.42 Å². The Morgan fingerprint density at radius 1 is 1.35 bits per heavy atom. The highest BCUT2D eigenvalue weighted by molar-refractivity contribution is 5.77. The summed E-state index contributed by atoms with van der Waals surface area (Å²) in [7, 11) is 0. The predicted octanol–water partition coefficient (Wildman–Crippen LogP) is -0.311. The molecule has 0 bridgehead atoms. The molecule has 0 aromatic heterocycles. The number of aliphatic carboxylic acids is 1. The molecule has 0 saturated carbocycles. The van der Waals surface area contributed by atoms with Gasteiger partial charge in [0, 0.05) is 0 Å². The Kier molecular flexibility index (Phi) is 4.62. The Morgan fingerprint density at radius 2 is 2.00 bits per heavy atom. The Bertz CT molecular complexity index is 420. The van der Waals surface area contributed by atoms with Gasteiger partial charge in [-0.3, -0.25) is 14.8 Å². The van der Waals surface area contributed by atoms with E-state index in [9.17, 15) is 9.59 Å². The number of carboxylic acid groups (broad SMARTS) is 1. The van der Waals surface area contributed by atoms with Crippen LogP contribution in [0.1, 0.15) is 11.1 Å². The minimum absolute atomic E-state index is 0.0344. The normalized spacial score (nSPS) is 11.9. The van der Waals surface area contributed by atoms with Crippen molar-refractivity contribution in [2.24, 2.45) is 5.73 Å². The lowest BCUT2D eigenvalue weighted by molar-refractivity contribution is -0.138. The first-order valence-electron chi connectivity index (χ1n) is 5.02. The van der Waals surface area contributed by atoms with E-state index in [-0.39, 0.29) is 12.8 Å². The molecule has 0 fully saturated rings. The standard InChI is InChI=1S/C11H14N2O4/c12-9(11(15)16)5-7-2-1-3-8(4-7)6-10(14)13-17/h1-4,9,17H,5-6,12H2,(H,13,14)(H,15,16)/t9-/m0/s1. The van der Waals surface area contributed by atoms with Crippen molar-refractivity contribution < 1.29 is 19.9 Å². The molecule has 1 aromatic rings. The number of carbonyl (C=O) groups is 2. The van der Waals surface area contributed by atoms with E-state index in [2.05, 4.69) is 0 Å². The van der Waals surface area contributed by atoms with Gasteiger partial charge >= 0.3 is 5.97 Å². The van der Waals surface area contributed by atoms with E-state index in [1.54, 1.807) is 24.3 Å². The summed E-state index contributed by atoms with van der Waals surface area (Å²) >= 11 is 0. The van der Waals surface area contributed by atoms with Crippen molar-refractivity contribution in [1.29, 1.82) is 0 Å². The number of rotatable bonds is 5. The van der Waals surface area contributed by atoms with Crippen molar-refractivity contribution in [1.82, 2.24) is 5.48 Å². The highest BCUT2D eigenvalue weighted by atomic mass is 16.5. The second kappa shape index (κ2) is 5.97. The summed E-state index contributed by atoms with van der Waals surface area (Å²) in [5.41, 5.74) is 8.37. The van der Waals surface area contributed by atoms with E-state index >= 15 is 0 Å². The van der Waals surface area contributed by atoms with Crippen LogP contribution < -0.4 is 11.2 Å². The summed E-state index contributed by atoms with van der Waals surface area (Å²) in [6, 6.07) is 5.90. The summed E-state index contributed by atoms with van der Waals surface area (Å²) in [6.07, 6.45) is 0.233. The lowest BCUT2D eigenvalue weighted by Gasteiger charge is -2.07. The first kappa shape index (κ1) is 13.1. The maximum atomic E-state index is 10.9. The molecule has 1 atom stereocenters. The zero-order valence-electron chi connectivity index (χ0n) is 9.09. The zero-order chi connectivity index (χ0) is 12.8. The van der Waals surface area contributed by atoms with Gasteiger partial charge in [-0.05, 0) is 17.5 Å². The number of nitrogens with one attached hydrogen (secondary N) is 1. The molecule has 0 aliphatic heterocycles. The van der Waals surface area contributed by atoms with E-state index < -0.39 is 17.9 Å². The minimum Gasteiger partial charge on any atom is -0.480 e. The van der Waals surface area contributed by atoms with Gasteiger partial charge in [0.2, 0.25) is 5.91 Å². The lowest BCUT2D eigenvalue weighted by atomic mass is 10.0. The number of hydrogen-bond acceptors (Lipinski definition) is 4. The maximum Gasteiger partial charge on any atom is 0.320 e. The monoisotopic (exact) mass is 238 g/mol. The number of amides is 1. The number of benzene rings is 1. The summed E-state index contributed by atoms with van der Waals surface area (Å²) in [4.78, 5) is 21.5. The summed E-state index contributed by atoms with van der Waals surface area (Å²) in [5.74, 6) is -1.59. The summed E-state index contributed by atoms with van der Waals surface area (Å²) in [6.45, 7) is 0. The molecule has 0 radical (unpaired) electrons. The molecular weight excluding hydrogens is 224 g/mol. The highest BCUT2D eigenvalue weighted by Crippen LogP contribution is 2.08. The molecule has 0 aliphatic carbocycles. The quantitative estimate of drug-likeness (QED) is 0.415. The van der Waals surface area contributed by atoms with Gasteiger partial charge in [0.1, 0.15) is 6.04 Å². The smallest absolute Gasteiger partial charge is 0.320 e. The van der Waals surface area contributed by atoms with Gasteiger partial charge < -0.3 is 10.8 Å². The van der Waals surface area contributed by atoms with E-state index in [1.807, 2.05) is 0 Å². The van der Waals surface area contributed by atoms with Gasteiger partial charge in [-0.25, -0.2) is 5.48 Å². The number of nitrogens with two attached hydrogens (primary N) is 1. The first-order valence-corrected chi connectivity index (χ1v) is 5.02. The molecule has 17 heavy (non-hydrogen) atoms. The molecule has 0 spiro atoms. The Hall–Kier alpha value is -1.92. The van der Waals surface area contributed by atoms with Crippen LogP contribution in [-0.2, 0) is 22.4 Å². The van der Waals surface area contributed by atoms with Gasteiger partial charge in [0.25, 0.3) is 0 Å². The van der Waals surface area contributed by atoms with Gasteiger partial charge in [-0.15, -0.1) is 0 Å². The van der Waals surface area contributed by atoms with E-state index in [1.165, 1.54) is 5.48 Å². The molecule has 5 N–H and O–H groups in total. The van der Waals surface area contributed by atoms with Crippen LogP contribution in [0.4, 0.5) is 0 Å². The van der Waals surface area contributed by atoms with E-state index in [0.29, 0.717) is 5.56 Å². The van der Waals surface area contributed by atoms with Crippen LogP contribution >= 0.6 is 0 Å². The predicted molar refractivity (Wildman–Crippen MR) is 59.4 cm³/mol. The Balaban J connectivity index is 2.72. The van der Waals surface area contributed by atoms with Gasteiger partial charge in [0.15, 0.2) is 0 Å². The number of carbonyl (C=O) groups excluding carboxylic acids is 1. The molecule has 0 unspecified atom stereocenters. The largest absolute Gasteiger partial charge is 0.480 e. The van der Waals surface area contributed by atoms with Crippen LogP contribution in [-0.4, -0.2) is 28.2 Å². The average Bonchev–Trinajstić information content (AvgIpc) is 2.29. The first-order chi connectivity index (χ1) is 8.02. The number of hydrogen-bond donors (Lipinski definition) is 4. The van der Waals surface area contributed by atoms with Crippen molar-refractivity contribution in [3.63, 3.8) is 0 Å². The van der Waals surface area contributed by atoms with Crippen molar-refractivity contribution in [2.45, 2.75) is 18.9 Å². The fourth-order valence-corrected chi connectivity index (χ4v) is 1.43. The van der Waals surface area contributed by atoms with Gasteiger partial charge in [-0.2, -0.15) is 0 Å². The van der Waals surface area contributed by atoms with E-state index in [4.69, 9.17) is 16.0 Å². The molecule has 92 valence electrons. The second-order valence-electron chi connectivity index (χ2n) is 3.68. The fraction of sp³-hybridized carbons (Fsp3) is 0.273. The number of carboxylic acids is 1. The molecule has 0 saturated heterocycles. The maximum absolute atomic E-state index is 10.9. The molecule has 1 aromatic carbocycles. The van der Waals surface area contributed by atoms with Crippen LogP contribution in [0.15, 0.2) is 24.3 Å². The van der Waals surface area contributed by atoms with Crippen LogP contribution in [0.5, 0.6) is 0 Å². The van der Waals surface area contributed by atoms with Crippen molar-refractivity contribution in [3.05, 3.63) is 35.4 Å². The van der Waals surface area contributed by atoms with Gasteiger partial charge in [-0.1, -0.05) is 24.3 Å². The van der Waals surface area contributed by atoms with Crippen molar-refractivity contribution in [2.75, 3.05) is 0 Å². The van der Waals surface area contributed by atoms with Crippen LogP contribution in [0.2, 0.25) is 0 Å². The zero-order valence-corrected chi connectivity index (χ0v) is 9.09. The average molecular weight is 238 g/mol. The van der Waals surface area contributed by atoms with Crippen molar-refractivity contribution >= 4 is 11.9 Å². The Morgan fingerprint density at radius 3 is 2.59 bits per heavy atom. The molecular formula is C11H14N2O4. The van der Waals surface area contributed by atoms with E-state index in [0.717, 1.165) is 5.56 Å². The molecule has 6 nitrogen and oxygen atoms in total. The third-order valence-corrected chi connectivity index (χ3v) is 2.25. The molecule has 0 aliphatic rings. The third kappa shape index (κ3) is 4.21. The third-order valence-electron chi connectivity index (χ3n) is 2.25. The number of hydroxylamine groups is 1. The fourth-order valence-electron chi connectivity index (χ4n) is 1.43. The SMILES string of the molecule is N[C@@H](Cc1cccc(CC(=O)NO)c1)C(=O)O. The minimum atomic E-state index is -1.07. The molecule has 1 rings (SSSR count). The summed E-state index contributed by atoms with van der Waals surface area (Å²) in [5, 5.41) is 17.1. The van der Waals surface area contributed by atoms with Crippen LogP contribution in [0.25, 0.3) is 0 Å². The highest BCUT2D eigenvalue weighted by Gasteiger charge is 2.12. The molecule has 6 heteroatoms. The topological polar surface area (TPSA) is 113 Å². The molecule has 0 heterocycles. The summed E-state index contributed by atoms with van der Waals surface area (Å²) < 4.78 is 0. The second-order valence-corrected chi connectivity index (χ2v) is 3.68. The Labute approximate surface area is 98.0 Å². The van der Waals surface area contributed by atoms with Crippen molar-refractivity contribution in [3.8, 4) is 0 Å². The van der Waals surface area contributed by atoms with Crippen LogP contribution in [0.3, 0.4) is 0 Å². The lowest BCUT2D eigenvalue weighted by Crippen LogP contribution is -2.32. The van der Waals surface area contributed by atoms with Crippen LogP contribution in [0, 0.1) is 0 Å². The molecule has 1 amide bonds.